The molecule has 7 heteroatoms. The highest BCUT2D eigenvalue weighted by Crippen LogP contribution is 2.41. The first-order valence-corrected chi connectivity index (χ1v) is 11.8. The molecule has 3 aromatic rings. The van der Waals surface area contributed by atoms with Gasteiger partial charge < -0.3 is 19.7 Å². The van der Waals surface area contributed by atoms with Gasteiger partial charge >= 0.3 is 11.9 Å². The number of benzene rings is 3. The van der Waals surface area contributed by atoms with Crippen LogP contribution in [0.5, 0.6) is 11.5 Å². The average Bonchev–Trinajstić information content (AvgIpc) is 3.22. The van der Waals surface area contributed by atoms with Crippen LogP contribution in [0.25, 0.3) is 0 Å². The largest absolute Gasteiger partial charge is 0.489 e. The summed E-state index contributed by atoms with van der Waals surface area (Å²) >= 11 is 0. The van der Waals surface area contributed by atoms with Crippen LogP contribution in [0.1, 0.15) is 39.0 Å². The summed E-state index contributed by atoms with van der Waals surface area (Å²) in [5.74, 6) is -2.00. The minimum Gasteiger partial charge on any atom is -0.489 e. The Morgan fingerprint density at radius 2 is 1.58 bits per heavy atom. The van der Waals surface area contributed by atoms with Gasteiger partial charge in [-0.25, -0.2) is 4.79 Å². The number of hydrogen-bond acceptors (Lipinski definition) is 5. The standard InChI is InChI=1S/C29H28O7/c1-19-5-4-6-20(13-19)11-12-35-26-14-21(9-10-25(26)36-18-27(31)32)24(30)17-29(28(33)34)15-22-7-2-3-8-23(22)16-29/h2-10,13-14H,11-12,15-18H2,1H3,(H,31,32)(H,33,34). The zero-order chi connectivity index (χ0) is 25.7. The van der Waals surface area contributed by atoms with Crippen LogP contribution in [0.4, 0.5) is 0 Å². The highest BCUT2D eigenvalue weighted by Gasteiger charge is 2.45. The number of aryl methyl sites for hydroxylation is 1. The zero-order valence-electron chi connectivity index (χ0n) is 20.0. The molecule has 36 heavy (non-hydrogen) atoms. The fourth-order valence-corrected chi connectivity index (χ4v) is 4.65. The van der Waals surface area contributed by atoms with Crippen molar-refractivity contribution in [2.45, 2.75) is 32.6 Å². The Labute approximate surface area is 209 Å². The molecule has 0 saturated heterocycles. The fourth-order valence-electron chi connectivity index (χ4n) is 4.65. The normalized spacial score (nSPS) is 13.6. The van der Waals surface area contributed by atoms with Gasteiger partial charge in [-0.3, -0.25) is 9.59 Å². The lowest BCUT2D eigenvalue weighted by molar-refractivity contribution is -0.148. The van der Waals surface area contributed by atoms with Gasteiger partial charge in [-0.05, 0) is 54.7 Å². The maximum absolute atomic E-state index is 13.3. The quantitative estimate of drug-likeness (QED) is 0.382. The van der Waals surface area contributed by atoms with Crippen molar-refractivity contribution >= 4 is 17.7 Å². The molecule has 1 aliphatic carbocycles. The smallest absolute Gasteiger partial charge is 0.341 e. The molecule has 7 nitrogen and oxygen atoms in total. The van der Waals surface area contributed by atoms with E-state index in [1.165, 1.54) is 18.2 Å². The molecule has 0 radical (unpaired) electrons. The minimum atomic E-state index is -1.20. The zero-order valence-corrected chi connectivity index (χ0v) is 20.0. The lowest BCUT2D eigenvalue weighted by Gasteiger charge is -2.23. The lowest BCUT2D eigenvalue weighted by atomic mass is 9.79. The van der Waals surface area contributed by atoms with Crippen molar-refractivity contribution in [2.75, 3.05) is 13.2 Å². The highest BCUT2D eigenvalue weighted by molar-refractivity contribution is 5.99. The van der Waals surface area contributed by atoms with Crippen LogP contribution >= 0.6 is 0 Å². The molecule has 0 unspecified atom stereocenters. The molecule has 186 valence electrons. The molecular formula is C29H28O7. The molecule has 3 aromatic carbocycles. The summed E-state index contributed by atoms with van der Waals surface area (Å²) < 4.78 is 11.3. The van der Waals surface area contributed by atoms with E-state index in [0.717, 1.165) is 22.3 Å². The van der Waals surface area contributed by atoms with E-state index < -0.39 is 24.0 Å². The number of ether oxygens (including phenoxy) is 2. The van der Waals surface area contributed by atoms with E-state index in [9.17, 15) is 19.5 Å². The summed E-state index contributed by atoms with van der Waals surface area (Å²) in [5, 5.41) is 19.0. The molecule has 0 atom stereocenters. The van der Waals surface area contributed by atoms with Gasteiger partial charge in [0.25, 0.3) is 0 Å². The molecule has 0 aromatic heterocycles. The maximum atomic E-state index is 13.3. The van der Waals surface area contributed by atoms with Crippen LogP contribution in [-0.2, 0) is 28.9 Å². The number of carboxylic acids is 2. The number of carbonyl (C=O) groups excluding carboxylic acids is 1. The molecular weight excluding hydrogens is 460 g/mol. The van der Waals surface area contributed by atoms with Crippen LogP contribution in [0, 0.1) is 12.3 Å². The number of aliphatic carboxylic acids is 2. The van der Waals surface area contributed by atoms with E-state index in [1.807, 2.05) is 49.4 Å². The first-order chi connectivity index (χ1) is 17.3. The van der Waals surface area contributed by atoms with Crippen LogP contribution in [-0.4, -0.2) is 41.1 Å². The van der Waals surface area contributed by atoms with E-state index in [-0.39, 0.29) is 23.7 Å². The second kappa shape index (κ2) is 10.6. The Hall–Kier alpha value is -4.13. The van der Waals surface area contributed by atoms with Crippen LogP contribution in [0.15, 0.2) is 66.7 Å². The highest BCUT2D eigenvalue weighted by atomic mass is 16.5. The van der Waals surface area contributed by atoms with Crippen LogP contribution in [0.3, 0.4) is 0 Å². The topological polar surface area (TPSA) is 110 Å². The SMILES string of the molecule is Cc1cccc(CCOc2cc(C(=O)CC3(C(=O)O)Cc4ccccc4C3)ccc2OCC(=O)O)c1. The predicted octanol–water partition coefficient (Wildman–Crippen LogP) is 4.52. The number of rotatable bonds is 11. The van der Waals surface area contributed by atoms with Gasteiger partial charge in [0.15, 0.2) is 23.9 Å². The average molecular weight is 489 g/mol. The first kappa shape index (κ1) is 25.0. The van der Waals surface area contributed by atoms with Gasteiger partial charge in [0.2, 0.25) is 0 Å². The summed E-state index contributed by atoms with van der Waals surface area (Å²) in [5.41, 5.74) is 3.20. The lowest BCUT2D eigenvalue weighted by Crippen LogP contribution is -2.34. The Kier molecular flexibility index (Phi) is 7.38. The Morgan fingerprint density at radius 3 is 2.22 bits per heavy atom. The molecule has 4 rings (SSSR count). The van der Waals surface area contributed by atoms with Crippen LogP contribution < -0.4 is 9.47 Å². The molecule has 0 spiro atoms. The van der Waals surface area contributed by atoms with Crippen LogP contribution in [0.2, 0.25) is 0 Å². The molecule has 0 fully saturated rings. The summed E-state index contributed by atoms with van der Waals surface area (Å²) in [6.07, 6.45) is 1.04. The van der Waals surface area contributed by atoms with Crippen molar-refractivity contribution in [1.29, 1.82) is 0 Å². The number of hydrogen-bond donors (Lipinski definition) is 2. The predicted molar refractivity (Wildman–Crippen MR) is 133 cm³/mol. The van der Waals surface area contributed by atoms with Crippen molar-refractivity contribution in [3.8, 4) is 11.5 Å². The van der Waals surface area contributed by atoms with Gasteiger partial charge in [-0.15, -0.1) is 0 Å². The van der Waals surface area contributed by atoms with Crippen molar-refractivity contribution in [2.24, 2.45) is 5.41 Å². The minimum absolute atomic E-state index is 0.158. The van der Waals surface area contributed by atoms with Gasteiger partial charge in [-0.2, -0.15) is 0 Å². The van der Waals surface area contributed by atoms with E-state index in [2.05, 4.69) is 6.07 Å². The number of carboxylic acid groups (broad SMARTS) is 2. The second-order valence-electron chi connectivity index (χ2n) is 9.24. The maximum Gasteiger partial charge on any atom is 0.341 e. The number of fused-ring (bicyclic) bond motifs is 1. The van der Waals surface area contributed by atoms with E-state index >= 15 is 0 Å². The number of carbonyl (C=O) groups is 3. The molecule has 0 heterocycles. The van der Waals surface area contributed by atoms with E-state index in [1.54, 1.807) is 0 Å². The van der Waals surface area contributed by atoms with Gasteiger partial charge in [0.1, 0.15) is 0 Å². The fraction of sp³-hybridized carbons (Fsp3) is 0.276. The third kappa shape index (κ3) is 5.74. The van der Waals surface area contributed by atoms with Gasteiger partial charge in [0.05, 0.1) is 12.0 Å². The van der Waals surface area contributed by atoms with E-state index in [0.29, 0.717) is 31.4 Å². The summed E-state index contributed by atoms with van der Waals surface area (Å²) in [6, 6.07) is 20.1. The van der Waals surface area contributed by atoms with E-state index in [4.69, 9.17) is 14.6 Å². The number of Topliss-reactive ketones (excluding diaryl/α,β-unsaturated/α-hetero) is 1. The van der Waals surface area contributed by atoms with Crippen molar-refractivity contribution in [3.63, 3.8) is 0 Å². The van der Waals surface area contributed by atoms with Gasteiger partial charge in [0, 0.05) is 18.4 Å². The Bertz CT molecular complexity index is 1270. The third-order valence-corrected chi connectivity index (χ3v) is 6.48. The second-order valence-corrected chi connectivity index (χ2v) is 9.24. The first-order valence-electron chi connectivity index (χ1n) is 11.8. The summed E-state index contributed by atoms with van der Waals surface area (Å²) in [6.45, 7) is 1.74. The third-order valence-electron chi connectivity index (χ3n) is 6.48. The Morgan fingerprint density at radius 1 is 0.861 bits per heavy atom. The Balaban J connectivity index is 1.52. The molecule has 0 bridgehead atoms. The molecule has 0 saturated carbocycles. The number of ketones is 1. The van der Waals surface area contributed by atoms with Crippen molar-refractivity contribution in [1.82, 2.24) is 0 Å². The van der Waals surface area contributed by atoms with Gasteiger partial charge in [-0.1, -0.05) is 54.1 Å². The summed E-state index contributed by atoms with van der Waals surface area (Å²) in [4.78, 5) is 36.5. The molecule has 2 N–H and O–H groups in total. The molecule has 0 amide bonds. The van der Waals surface area contributed by atoms with Crippen molar-refractivity contribution in [3.05, 3.63) is 94.5 Å². The van der Waals surface area contributed by atoms with Crippen molar-refractivity contribution < 1.29 is 34.1 Å². The monoisotopic (exact) mass is 488 g/mol. The molecule has 1 aliphatic rings. The summed E-state index contributed by atoms with van der Waals surface area (Å²) in [7, 11) is 0. The molecule has 0 aliphatic heterocycles.